The molecule has 3 heterocycles. The predicted molar refractivity (Wildman–Crippen MR) is 106 cm³/mol. The number of carbonyl (C=O) groups is 2. The lowest BCUT2D eigenvalue weighted by Gasteiger charge is -2.42. The number of fused-ring (bicyclic) bond motifs is 4. The van der Waals surface area contributed by atoms with Gasteiger partial charge < -0.3 is 20.4 Å². The minimum Gasteiger partial charge on any atom is -0.459 e. The van der Waals surface area contributed by atoms with Crippen LogP contribution in [0.5, 0.6) is 0 Å². The Morgan fingerprint density at radius 3 is 2.79 bits per heavy atom. The quantitative estimate of drug-likeness (QED) is 0.719. The highest BCUT2D eigenvalue weighted by Gasteiger charge is 2.43. The molecule has 148 valence electrons. The summed E-state index contributed by atoms with van der Waals surface area (Å²) in [5.41, 5.74) is 1.99. The topological polar surface area (TPSA) is 86.6 Å². The van der Waals surface area contributed by atoms with E-state index in [4.69, 9.17) is 16.0 Å². The molecule has 8 heteroatoms. The van der Waals surface area contributed by atoms with E-state index in [9.17, 15) is 9.59 Å². The van der Waals surface area contributed by atoms with E-state index in [-0.39, 0.29) is 11.9 Å². The molecule has 0 atom stereocenters. The van der Waals surface area contributed by atoms with Crippen molar-refractivity contribution in [3.63, 3.8) is 0 Å². The van der Waals surface area contributed by atoms with Crippen molar-refractivity contribution in [3.05, 3.63) is 28.5 Å². The van der Waals surface area contributed by atoms with Crippen LogP contribution in [0.1, 0.15) is 43.4 Å². The monoisotopic (exact) mass is 402 g/mol. The number of urea groups is 1. The number of furan rings is 1. The molecule has 3 N–H and O–H groups in total. The molecule has 2 fully saturated rings. The predicted octanol–water partition coefficient (Wildman–Crippen LogP) is 3.31. The van der Waals surface area contributed by atoms with Crippen molar-refractivity contribution in [2.24, 2.45) is 0 Å². The minimum atomic E-state index is -0.431. The average Bonchev–Trinajstić information content (AvgIpc) is 3.04. The van der Waals surface area contributed by atoms with Gasteiger partial charge in [-0.2, -0.15) is 0 Å². The molecule has 5 rings (SSSR count). The highest BCUT2D eigenvalue weighted by molar-refractivity contribution is 6.35. The first kappa shape index (κ1) is 17.8. The fraction of sp³-hybridized carbons (Fsp3) is 0.500. The number of hydrogen-bond donors (Lipinski definition) is 3. The molecule has 1 aliphatic carbocycles. The molecule has 1 spiro atoms. The molecule has 2 aliphatic heterocycles. The second kappa shape index (κ2) is 6.67. The lowest BCUT2D eigenvalue weighted by atomic mass is 9.74. The van der Waals surface area contributed by atoms with Crippen molar-refractivity contribution in [2.75, 3.05) is 25.0 Å². The van der Waals surface area contributed by atoms with Crippen LogP contribution in [0.2, 0.25) is 5.02 Å². The van der Waals surface area contributed by atoms with Crippen molar-refractivity contribution in [2.45, 2.75) is 44.2 Å². The van der Waals surface area contributed by atoms with Gasteiger partial charge >= 0.3 is 6.03 Å². The number of amides is 3. The van der Waals surface area contributed by atoms with Gasteiger partial charge in [-0.15, -0.1) is 0 Å². The molecule has 1 saturated heterocycles. The largest absolute Gasteiger partial charge is 0.459 e. The summed E-state index contributed by atoms with van der Waals surface area (Å²) in [6, 6.07) is 3.65. The maximum Gasteiger partial charge on any atom is 0.319 e. The molecule has 0 bridgehead atoms. The summed E-state index contributed by atoms with van der Waals surface area (Å²) in [5.74, 6) is 0.841. The zero-order valence-electron chi connectivity index (χ0n) is 15.6. The van der Waals surface area contributed by atoms with Crippen LogP contribution in [0.25, 0.3) is 11.0 Å². The zero-order valence-corrected chi connectivity index (χ0v) is 16.3. The number of piperazine rings is 1. The Kier molecular flexibility index (Phi) is 4.25. The van der Waals surface area contributed by atoms with E-state index in [2.05, 4.69) is 20.9 Å². The Balaban J connectivity index is 1.59. The minimum absolute atomic E-state index is 0.0378. The lowest BCUT2D eigenvalue weighted by molar-refractivity contribution is -0.124. The third-order valence-electron chi connectivity index (χ3n) is 6.08. The van der Waals surface area contributed by atoms with Crippen LogP contribution in [0.4, 0.5) is 10.5 Å². The fourth-order valence-electron chi connectivity index (χ4n) is 4.86. The fourth-order valence-corrected chi connectivity index (χ4v) is 5.12. The number of rotatable bonds is 2. The van der Waals surface area contributed by atoms with Crippen molar-refractivity contribution in [1.82, 2.24) is 15.5 Å². The molecule has 7 nitrogen and oxygen atoms in total. The highest BCUT2D eigenvalue weighted by Crippen LogP contribution is 2.49. The van der Waals surface area contributed by atoms with E-state index in [0.29, 0.717) is 30.3 Å². The van der Waals surface area contributed by atoms with Crippen molar-refractivity contribution >= 4 is 40.2 Å². The Hall–Kier alpha value is -2.25. The van der Waals surface area contributed by atoms with Crippen LogP contribution in [0.15, 0.2) is 16.5 Å². The van der Waals surface area contributed by atoms with E-state index in [0.717, 1.165) is 54.5 Å². The molecule has 0 radical (unpaired) electrons. The summed E-state index contributed by atoms with van der Waals surface area (Å²) in [6.07, 6.45) is 5.05. The zero-order chi connectivity index (χ0) is 19.3. The number of hydrogen-bond acceptors (Lipinski definition) is 4. The Morgan fingerprint density at radius 1 is 1.18 bits per heavy atom. The molecule has 2 aromatic rings. The van der Waals surface area contributed by atoms with Crippen LogP contribution >= 0.6 is 11.6 Å². The number of benzene rings is 1. The maximum atomic E-state index is 12.3. The Bertz CT molecular complexity index is 964. The van der Waals surface area contributed by atoms with Gasteiger partial charge in [0, 0.05) is 24.0 Å². The molecular weight excluding hydrogens is 380 g/mol. The van der Waals surface area contributed by atoms with Gasteiger partial charge in [0.15, 0.2) is 0 Å². The van der Waals surface area contributed by atoms with Gasteiger partial charge in [-0.1, -0.05) is 30.9 Å². The summed E-state index contributed by atoms with van der Waals surface area (Å²) in [5, 5.41) is 10.4. The van der Waals surface area contributed by atoms with Gasteiger partial charge in [0.1, 0.15) is 11.3 Å². The molecule has 1 saturated carbocycles. The first-order valence-electron chi connectivity index (χ1n) is 9.88. The first-order chi connectivity index (χ1) is 13.5. The summed E-state index contributed by atoms with van der Waals surface area (Å²) in [4.78, 5) is 26.1. The van der Waals surface area contributed by atoms with Crippen LogP contribution in [-0.2, 0) is 16.9 Å². The highest BCUT2D eigenvalue weighted by atomic mass is 35.5. The van der Waals surface area contributed by atoms with Gasteiger partial charge in [0.25, 0.3) is 0 Å². The van der Waals surface area contributed by atoms with Gasteiger partial charge in [-0.25, -0.2) is 4.79 Å². The van der Waals surface area contributed by atoms with E-state index in [1.165, 1.54) is 6.42 Å². The number of nitrogens with zero attached hydrogens (tertiary/aromatic N) is 1. The smallest absolute Gasteiger partial charge is 0.319 e. The third kappa shape index (κ3) is 2.93. The van der Waals surface area contributed by atoms with Crippen LogP contribution in [0.3, 0.4) is 0 Å². The maximum absolute atomic E-state index is 12.3. The first-order valence-corrected chi connectivity index (χ1v) is 10.3. The number of halogens is 1. The van der Waals surface area contributed by atoms with Gasteiger partial charge in [-0.3, -0.25) is 9.69 Å². The molecule has 1 aromatic heterocycles. The van der Waals surface area contributed by atoms with Crippen molar-refractivity contribution in [3.8, 4) is 0 Å². The second-order valence-corrected chi connectivity index (χ2v) is 8.43. The van der Waals surface area contributed by atoms with Crippen LogP contribution in [-0.4, -0.2) is 36.5 Å². The molecule has 1 aromatic carbocycles. The summed E-state index contributed by atoms with van der Waals surface area (Å²) in [6.45, 7) is 2.39. The van der Waals surface area contributed by atoms with Crippen molar-refractivity contribution in [1.29, 1.82) is 0 Å². The Morgan fingerprint density at radius 2 is 2.00 bits per heavy atom. The second-order valence-electron chi connectivity index (χ2n) is 8.02. The number of nitrogens with one attached hydrogen (secondary N) is 3. The van der Waals surface area contributed by atoms with E-state index in [1.54, 1.807) is 0 Å². The molecular formula is C20H23ClN4O3. The van der Waals surface area contributed by atoms with E-state index in [1.807, 2.05) is 12.1 Å². The SMILES string of the molecule is O=C1CN(Cc2cc3cc(Cl)c4c(c3o2)C2(CCCCC2)NC(=O)N4)CCN1. The molecule has 3 amide bonds. The third-order valence-corrected chi connectivity index (χ3v) is 6.38. The summed E-state index contributed by atoms with van der Waals surface area (Å²) in [7, 11) is 0. The van der Waals surface area contributed by atoms with Gasteiger partial charge in [0.2, 0.25) is 5.91 Å². The van der Waals surface area contributed by atoms with Crippen LogP contribution < -0.4 is 16.0 Å². The average molecular weight is 403 g/mol. The molecule has 3 aliphatic rings. The summed E-state index contributed by atoms with van der Waals surface area (Å²) >= 11 is 6.56. The standard InChI is InChI=1S/C20H23ClN4O3/c21-14-9-12-8-13(10-25-7-6-22-15(26)11-25)28-18(12)16-17(14)23-19(27)24-20(16)4-2-1-3-5-20/h8-9H,1-7,10-11H2,(H,22,26)(H2,23,24,27). The van der Waals surface area contributed by atoms with Crippen molar-refractivity contribution < 1.29 is 14.0 Å². The van der Waals surface area contributed by atoms with Crippen LogP contribution in [0, 0.1) is 0 Å². The molecule has 0 unspecified atom stereocenters. The number of carbonyl (C=O) groups excluding carboxylic acids is 2. The number of anilines is 1. The summed E-state index contributed by atoms with van der Waals surface area (Å²) < 4.78 is 6.30. The van der Waals surface area contributed by atoms with Gasteiger partial charge in [-0.05, 0) is 25.0 Å². The normalized spacial score (nSPS) is 21.9. The van der Waals surface area contributed by atoms with E-state index < -0.39 is 5.54 Å². The lowest BCUT2D eigenvalue weighted by Crippen LogP contribution is -2.52. The Labute approximate surface area is 167 Å². The molecule has 28 heavy (non-hydrogen) atoms. The van der Waals surface area contributed by atoms with Gasteiger partial charge in [0.05, 0.1) is 29.3 Å². The van der Waals surface area contributed by atoms with E-state index >= 15 is 0 Å².